The molecule has 1 saturated carbocycles. The topological polar surface area (TPSA) is 34.9 Å². The SMILES string of the molecule is CC(C)CC1(C(=O)c2nccn2C)CCCC1. The van der Waals surface area contributed by atoms with E-state index < -0.39 is 0 Å². The minimum Gasteiger partial charge on any atom is -0.332 e. The molecule has 0 amide bonds. The molecule has 3 heteroatoms. The Labute approximate surface area is 103 Å². The van der Waals surface area contributed by atoms with Crippen LogP contribution >= 0.6 is 0 Å². The highest BCUT2D eigenvalue weighted by Gasteiger charge is 2.42. The van der Waals surface area contributed by atoms with Gasteiger partial charge in [-0.05, 0) is 25.2 Å². The van der Waals surface area contributed by atoms with Gasteiger partial charge in [0.05, 0.1) is 0 Å². The van der Waals surface area contributed by atoms with Crippen LogP contribution in [0.1, 0.15) is 56.6 Å². The number of rotatable bonds is 4. The van der Waals surface area contributed by atoms with Gasteiger partial charge in [-0.2, -0.15) is 0 Å². The molecule has 2 rings (SSSR count). The first-order chi connectivity index (χ1) is 8.05. The van der Waals surface area contributed by atoms with Crippen LogP contribution < -0.4 is 0 Å². The fourth-order valence-electron chi connectivity index (χ4n) is 3.18. The summed E-state index contributed by atoms with van der Waals surface area (Å²) in [5.41, 5.74) is -0.132. The summed E-state index contributed by atoms with van der Waals surface area (Å²) in [7, 11) is 1.90. The van der Waals surface area contributed by atoms with Gasteiger partial charge in [-0.15, -0.1) is 0 Å². The monoisotopic (exact) mass is 234 g/mol. The number of Topliss-reactive ketones (excluding diaryl/α,β-unsaturated/α-hetero) is 1. The number of aromatic nitrogens is 2. The van der Waals surface area contributed by atoms with Crippen molar-refractivity contribution < 1.29 is 4.79 Å². The van der Waals surface area contributed by atoms with Crippen LogP contribution in [0.25, 0.3) is 0 Å². The number of nitrogens with zero attached hydrogens (tertiary/aromatic N) is 2. The molecule has 0 spiro atoms. The van der Waals surface area contributed by atoms with Gasteiger partial charge < -0.3 is 4.57 Å². The maximum atomic E-state index is 12.7. The first kappa shape index (κ1) is 12.3. The molecule has 17 heavy (non-hydrogen) atoms. The molecule has 1 aliphatic carbocycles. The van der Waals surface area contributed by atoms with Crippen molar-refractivity contribution in [2.75, 3.05) is 0 Å². The van der Waals surface area contributed by atoms with E-state index in [0.717, 1.165) is 19.3 Å². The highest BCUT2D eigenvalue weighted by Crippen LogP contribution is 2.45. The summed E-state index contributed by atoms with van der Waals surface area (Å²) in [6.07, 6.45) is 9.01. The van der Waals surface area contributed by atoms with Crippen molar-refractivity contribution in [2.24, 2.45) is 18.4 Å². The van der Waals surface area contributed by atoms with E-state index in [-0.39, 0.29) is 11.2 Å². The number of aryl methyl sites for hydroxylation is 1. The van der Waals surface area contributed by atoms with E-state index in [2.05, 4.69) is 18.8 Å². The van der Waals surface area contributed by atoms with E-state index in [0.29, 0.717) is 11.7 Å². The second kappa shape index (κ2) is 4.63. The lowest BCUT2D eigenvalue weighted by molar-refractivity contribution is 0.0744. The lowest BCUT2D eigenvalue weighted by Crippen LogP contribution is -2.31. The fraction of sp³-hybridized carbons (Fsp3) is 0.714. The molecular formula is C14H22N2O. The average molecular weight is 234 g/mol. The van der Waals surface area contributed by atoms with Gasteiger partial charge in [0.1, 0.15) is 0 Å². The summed E-state index contributed by atoms with van der Waals surface area (Å²) in [4.78, 5) is 16.9. The number of hydrogen-bond donors (Lipinski definition) is 0. The zero-order valence-corrected chi connectivity index (χ0v) is 11.1. The number of carbonyl (C=O) groups excluding carboxylic acids is 1. The normalized spacial score (nSPS) is 18.8. The Balaban J connectivity index is 2.28. The van der Waals surface area contributed by atoms with Gasteiger partial charge >= 0.3 is 0 Å². The van der Waals surface area contributed by atoms with E-state index in [1.807, 2.05) is 17.8 Å². The summed E-state index contributed by atoms with van der Waals surface area (Å²) in [5, 5.41) is 0. The first-order valence-corrected chi connectivity index (χ1v) is 6.57. The van der Waals surface area contributed by atoms with Gasteiger partial charge in [0.25, 0.3) is 0 Å². The standard InChI is InChI=1S/C14H22N2O/c1-11(2)10-14(6-4-5-7-14)12(17)13-15-8-9-16(13)3/h8-9,11H,4-7,10H2,1-3H3. The molecule has 0 bridgehead atoms. The third kappa shape index (κ3) is 2.28. The van der Waals surface area contributed by atoms with E-state index in [1.54, 1.807) is 6.20 Å². The number of ketones is 1. The molecule has 0 aliphatic heterocycles. The van der Waals surface area contributed by atoms with E-state index in [4.69, 9.17) is 0 Å². The maximum Gasteiger partial charge on any atom is 0.204 e. The summed E-state index contributed by atoms with van der Waals surface area (Å²) >= 11 is 0. The first-order valence-electron chi connectivity index (χ1n) is 6.57. The van der Waals surface area contributed by atoms with Crippen LogP contribution in [-0.4, -0.2) is 15.3 Å². The summed E-state index contributed by atoms with van der Waals surface area (Å²) in [6.45, 7) is 4.40. The van der Waals surface area contributed by atoms with Gasteiger partial charge in [-0.3, -0.25) is 4.79 Å². The Hall–Kier alpha value is -1.12. The van der Waals surface area contributed by atoms with Crippen LogP contribution in [-0.2, 0) is 7.05 Å². The predicted molar refractivity (Wildman–Crippen MR) is 67.9 cm³/mol. The zero-order chi connectivity index (χ0) is 12.5. The number of carbonyl (C=O) groups is 1. The highest BCUT2D eigenvalue weighted by atomic mass is 16.1. The van der Waals surface area contributed by atoms with Crippen LogP contribution in [0, 0.1) is 11.3 Å². The Morgan fingerprint density at radius 3 is 2.59 bits per heavy atom. The average Bonchev–Trinajstić information content (AvgIpc) is 2.86. The molecule has 1 heterocycles. The van der Waals surface area contributed by atoms with Gasteiger partial charge in [-0.1, -0.05) is 26.7 Å². The quantitative estimate of drug-likeness (QED) is 0.750. The van der Waals surface area contributed by atoms with Gasteiger partial charge in [0.2, 0.25) is 5.78 Å². The molecule has 1 aromatic heterocycles. The largest absolute Gasteiger partial charge is 0.332 e. The molecule has 0 atom stereocenters. The van der Waals surface area contributed by atoms with Crippen LogP contribution in [0.4, 0.5) is 0 Å². The molecule has 0 saturated heterocycles. The van der Waals surface area contributed by atoms with Crippen molar-refractivity contribution >= 4 is 5.78 Å². The minimum atomic E-state index is -0.132. The molecule has 0 aromatic carbocycles. The molecule has 1 fully saturated rings. The van der Waals surface area contributed by atoms with Gasteiger partial charge in [0, 0.05) is 24.9 Å². The van der Waals surface area contributed by atoms with Gasteiger partial charge in [-0.25, -0.2) is 4.98 Å². The van der Waals surface area contributed by atoms with Crippen molar-refractivity contribution in [3.8, 4) is 0 Å². The van der Waals surface area contributed by atoms with Crippen molar-refractivity contribution in [2.45, 2.75) is 46.0 Å². The maximum absolute atomic E-state index is 12.7. The minimum absolute atomic E-state index is 0.132. The summed E-state index contributed by atoms with van der Waals surface area (Å²) in [6, 6.07) is 0. The van der Waals surface area contributed by atoms with E-state index in [1.165, 1.54) is 12.8 Å². The molecule has 1 aromatic rings. The van der Waals surface area contributed by atoms with Crippen LogP contribution in [0.15, 0.2) is 12.4 Å². The second-order valence-corrected chi connectivity index (χ2v) is 5.78. The number of hydrogen-bond acceptors (Lipinski definition) is 2. The molecule has 3 nitrogen and oxygen atoms in total. The van der Waals surface area contributed by atoms with Gasteiger partial charge in [0.15, 0.2) is 5.82 Å². The van der Waals surface area contributed by atoms with Crippen molar-refractivity contribution in [3.05, 3.63) is 18.2 Å². The van der Waals surface area contributed by atoms with Crippen LogP contribution in [0.2, 0.25) is 0 Å². The molecule has 0 N–H and O–H groups in total. The second-order valence-electron chi connectivity index (χ2n) is 5.78. The van der Waals surface area contributed by atoms with Crippen molar-refractivity contribution in [3.63, 3.8) is 0 Å². The van der Waals surface area contributed by atoms with Crippen molar-refractivity contribution in [1.29, 1.82) is 0 Å². The smallest absolute Gasteiger partial charge is 0.204 e. The molecule has 1 aliphatic rings. The van der Waals surface area contributed by atoms with E-state index >= 15 is 0 Å². The Kier molecular flexibility index (Phi) is 3.36. The predicted octanol–water partition coefficient (Wildman–Crippen LogP) is 3.21. The fourth-order valence-corrected chi connectivity index (χ4v) is 3.18. The van der Waals surface area contributed by atoms with Crippen molar-refractivity contribution in [1.82, 2.24) is 9.55 Å². The summed E-state index contributed by atoms with van der Waals surface area (Å²) in [5.74, 6) is 1.46. The molecule has 94 valence electrons. The zero-order valence-electron chi connectivity index (χ0n) is 11.1. The molecule has 0 radical (unpaired) electrons. The Morgan fingerprint density at radius 1 is 1.47 bits per heavy atom. The Morgan fingerprint density at radius 2 is 2.12 bits per heavy atom. The highest BCUT2D eigenvalue weighted by molar-refractivity contribution is 5.97. The Bertz CT molecular complexity index is 400. The van der Waals surface area contributed by atoms with Crippen LogP contribution in [0.5, 0.6) is 0 Å². The molecular weight excluding hydrogens is 212 g/mol. The number of imidazole rings is 1. The summed E-state index contributed by atoms with van der Waals surface area (Å²) < 4.78 is 1.85. The lowest BCUT2D eigenvalue weighted by Gasteiger charge is -2.28. The molecule has 0 unspecified atom stereocenters. The lowest BCUT2D eigenvalue weighted by atomic mass is 9.75. The van der Waals surface area contributed by atoms with E-state index in [9.17, 15) is 4.79 Å². The van der Waals surface area contributed by atoms with Crippen LogP contribution in [0.3, 0.4) is 0 Å². The third-order valence-corrected chi connectivity index (χ3v) is 3.87. The third-order valence-electron chi connectivity index (χ3n) is 3.87.